The first-order valence-corrected chi connectivity index (χ1v) is 8.24. The third kappa shape index (κ3) is 4.44. The van der Waals surface area contributed by atoms with Gasteiger partial charge in [0.2, 0.25) is 0 Å². The van der Waals surface area contributed by atoms with E-state index in [4.69, 9.17) is 0 Å². The topological polar surface area (TPSA) is 84.0 Å². The summed E-state index contributed by atoms with van der Waals surface area (Å²) in [4.78, 5) is 38.3. The lowest BCUT2D eigenvalue weighted by Crippen LogP contribution is -2.40. The molecule has 6 heteroatoms. The van der Waals surface area contributed by atoms with Crippen LogP contribution in [-0.4, -0.2) is 22.1 Å². The van der Waals surface area contributed by atoms with Gasteiger partial charge in [0.25, 0.3) is 5.56 Å². The molecule has 0 saturated carbocycles. The quantitative estimate of drug-likeness (QED) is 0.799. The van der Waals surface area contributed by atoms with Crippen molar-refractivity contribution in [1.82, 2.24) is 14.9 Å². The van der Waals surface area contributed by atoms with Crippen LogP contribution >= 0.6 is 0 Å². The van der Waals surface area contributed by atoms with Crippen LogP contribution in [0.25, 0.3) is 11.1 Å². The maximum atomic E-state index is 12.2. The van der Waals surface area contributed by atoms with Crippen molar-refractivity contribution in [2.75, 3.05) is 6.54 Å². The number of aryl methyl sites for hydroxylation is 1. The Morgan fingerprint density at radius 2 is 1.83 bits per heavy atom. The van der Waals surface area contributed by atoms with E-state index in [0.717, 1.165) is 35.8 Å². The average Bonchev–Trinajstić information content (AvgIpc) is 2.55. The van der Waals surface area contributed by atoms with E-state index in [1.165, 1.54) is 6.20 Å². The van der Waals surface area contributed by atoms with Gasteiger partial charge in [-0.25, -0.2) is 14.2 Å². The molecule has 0 atom stereocenters. The number of nitrogens with zero attached hydrogens (tertiary/aromatic N) is 1. The second-order valence-electron chi connectivity index (χ2n) is 5.83. The SMILES string of the molecule is CCCCCCNC(=O)n1cc(-c2ccc(C)cc2)c(=O)[nH]c1=O. The molecule has 0 bridgehead atoms. The van der Waals surface area contributed by atoms with E-state index in [1.807, 2.05) is 19.1 Å². The van der Waals surface area contributed by atoms with Gasteiger partial charge < -0.3 is 5.32 Å². The van der Waals surface area contributed by atoms with Crippen molar-refractivity contribution in [3.05, 3.63) is 56.9 Å². The second-order valence-corrected chi connectivity index (χ2v) is 5.83. The van der Waals surface area contributed by atoms with E-state index < -0.39 is 17.3 Å². The molecule has 0 aliphatic rings. The fourth-order valence-electron chi connectivity index (χ4n) is 2.39. The Balaban J connectivity index is 2.20. The molecule has 0 fully saturated rings. The Morgan fingerprint density at radius 1 is 1.12 bits per heavy atom. The first kappa shape index (κ1) is 17.7. The van der Waals surface area contributed by atoms with Gasteiger partial charge in [-0.05, 0) is 18.9 Å². The number of hydrogen-bond donors (Lipinski definition) is 2. The number of aromatic amines is 1. The van der Waals surface area contributed by atoms with E-state index in [9.17, 15) is 14.4 Å². The Kier molecular flexibility index (Phi) is 6.12. The number of amides is 1. The predicted molar refractivity (Wildman–Crippen MR) is 94.4 cm³/mol. The highest BCUT2D eigenvalue weighted by Gasteiger charge is 2.12. The summed E-state index contributed by atoms with van der Waals surface area (Å²) in [5.41, 5.74) is 0.771. The first-order chi connectivity index (χ1) is 11.5. The summed E-state index contributed by atoms with van der Waals surface area (Å²) in [6.45, 7) is 4.57. The fourth-order valence-corrected chi connectivity index (χ4v) is 2.39. The van der Waals surface area contributed by atoms with E-state index in [-0.39, 0.29) is 5.56 Å². The molecule has 1 aromatic carbocycles. The molecule has 2 rings (SSSR count). The van der Waals surface area contributed by atoms with E-state index in [0.29, 0.717) is 12.1 Å². The van der Waals surface area contributed by atoms with Crippen LogP contribution in [0, 0.1) is 6.92 Å². The summed E-state index contributed by atoms with van der Waals surface area (Å²) in [6, 6.07) is 6.80. The van der Waals surface area contributed by atoms with Crippen molar-refractivity contribution in [3.63, 3.8) is 0 Å². The molecule has 0 spiro atoms. The maximum absolute atomic E-state index is 12.2. The van der Waals surface area contributed by atoms with E-state index >= 15 is 0 Å². The number of aromatic nitrogens is 2. The molecular formula is C18H23N3O3. The number of carbonyl (C=O) groups excluding carboxylic acids is 1. The molecule has 0 aliphatic carbocycles. The van der Waals surface area contributed by atoms with Gasteiger partial charge in [-0.2, -0.15) is 0 Å². The van der Waals surface area contributed by atoms with Gasteiger partial charge in [-0.3, -0.25) is 9.78 Å². The van der Waals surface area contributed by atoms with Crippen molar-refractivity contribution in [3.8, 4) is 11.1 Å². The zero-order valence-corrected chi connectivity index (χ0v) is 14.1. The van der Waals surface area contributed by atoms with Crippen molar-refractivity contribution >= 4 is 6.03 Å². The van der Waals surface area contributed by atoms with Crippen molar-refractivity contribution in [2.24, 2.45) is 0 Å². The fraction of sp³-hybridized carbons (Fsp3) is 0.389. The molecule has 0 unspecified atom stereocenters. The third-order valence-corrected chi connectivity index (χ3v) is 3.83. The van der Waals surface area contributed by atoms with Gasteiger partial charge >= 0.3 is 11.7 Å². The standard InChI is InChI=1S/C18H23N3O3/c1-3-4-5-6-11-19-17(23)21-12-15(16(22)20-18(21)24)14-9-7-13(2)8-10-14/h7-10,12H,3-6,11H2,1-2H3,(H,19,23)(H,20,22,24). The lowest BCUT2D eigenvalue weighted by molar-refractivity contribution is 0.241. The number of nitrogens with one attached hydrogen (secondary N) is 2. The summed E-state index contributed by atoms with van der Waals surface area (Å²) in [6.07, 6.45) is 5.43. The molecule has 1 amide bonds. The highest BCUT2D eigenvalue weighted by molar-refractivity contribution is 5.77. The highest BCUT2D eigenvalue weighted by atomic mass is 16.2. The normalized spacial score (nSPS) is 10.6. The molecule has 1 heterocycles. The largest absolute Gasteiger partial charge is 0.337 e. The summed E-state index contributed by atoms with van der Waals surface area (Å²) < 4.78 is 0.913. The smallest absolute Gasteiger partial charge is 0.336 e. The van der Waals surface area contributed by atoms with E-state index in [1.54, 1.807) is 12.1 Å². The number of rotatable bonds is 6. The van der Waals surface area contributed by atoms with Gasteiger partial charge in [0, 0.05) is 12.7 Å². The maximum Gasteiger partial charge on any atom is 0.336 e. The summed E-state index contributed by atoms with van der Waals surface area (Å²) >= 11 is 0. The number of benzene rings is 1. The van der Waals surface area contributed by atoms with Crippen LogP contribution in [0.15, 0.2) is 40.1 Å². The van der Waals surface area contributed by atoms with Gasteiger partial charge in [0.05, 0.1) is 5.56 Å². The molecule has 0 aliphatic heterocycles. The predicted octanol–water partition coefficient (Wildman–Crippen LogP) is 2.65. The molecule has 128 valence electrons. The Morgan fingerprint density at radius 3 is 2.50 bits per heavy atom. The van der Waals surface area contributed by atoms with Crippen LogP contribution in [0.1, 0.15) is 38.2 Å². The van der Waals surface area contributed by atoms with Crippen molar-refractivity contribution in [1.29, 1.82) is 0 Å². The molecule has 0 saturated heterocycles. The first-order valence-electron chi connectivity index (χ1n) is 8.24. The molecule has 2 N–H and O–H groups in total. The van der Waals surface area contributed by atoms with Gasteiger partial charge in [-0.1, -0.05) is 56.0 Å². The lowest BCUT2D eigenvalue weighted by atomic mass is 10.1. The molecular weight excluding hydrogens is 306 g/mol. The van der Waals surface area contributed by atoms with Gasteiger partial charge in [0.1, 0.15) is 0 Å². The zero-order chi connectivity index (χ0) is 17.5. The van der Waals surface area contributed by atoms with Gasteiger partial charge in [-0.15, -0.1) is 0 Å². The van der Waals surface area contributed by atoms with Crippen LogP contribution in [-0.2, 0) is 0 Å². The molecule has 0 radical (unpaired) electrons. The Bertz CT molecular complexity index is 803. The average molecular weight is 329 g/mol. The summed E-state index contributed by atoms with van der Waals surface area (Å²) in [7, 11) is 0. The highest BCUT2D eigenvalue weighted by Crippen LogP contribution is 2.14. The molecule has 2 aromatic rings. The molecule has 24 heavy (non-hydrogen) atoms. The Hall–Kier alpha value is -2.63. The minimum absolute atomic E-state index is 0.288. The van der Waals surface area contributed by atoms with Crippen LogP contribution in [0.5, 0.6) is 0 Å². The van der Waals surface area contributed by atoms with Crippen LogP contribution in [0.4, 0.5) is 4.79 Å². The minimum atomic E-state index is -0.734. The third-order valence-electron chi connectivity index (χ3n) is 3.83. The Labute approximate surface area is 140 Å². The second kappa shape index (κ2) is 8.29. The number of hydrogen-bond acceptors (Lipinski definition) is 3. The monoisotopic (exact) mass is 329 g/mol. The van der Waals surface area contributed by atoms with Gasteiger partial charge in [0.15, 0.2) is 0 Å². The van der Waals surface area contributed by atoms with Crippen molar-refractivity contribution in [2.45, 2.75) is 39.5 Å². The molecule has 6 nitrogen and oxygen atoms in total. The van der Waals surface area contributed by atoms with E-state index in [2.05, 4.69) is 17.2 Å². The number of carbonyl (C=O) groups is 1. The van der Waals surface area contributed by atoms with Crippen molar-refractivity contribution < 1.29 is 4.79 Å². The van der Waals surface area contributed by atoms with Crippen LogP contribution in [0.2, 0.25) is 0 Å². The summed E-state index contributed by atoms with van der Waals surface area (Å²) in [5, 5.41) is 2.71. The van der Waals surface area contributed by atoms with Crippen LogP contribution in [0.3, 0.4) is 0 Å². The summed E-state index contributed by atoms with van der Waals surface area (Å²) in [5.74, 6) is 0. The lowest BCUT2D eigenvalue weighted by Gasteiger charge is -2.08. The zero-order valence-electron chi connectivity index (χ0n) is 14.1. The minimum Gasteiger partial charge on any atom is -0.337 e. The number of unbranched alkanes of at least 4 members (excludes halogenated alkanes) is 3. The number of H-pyrrole nitrogens is 1. The molecule has 1 aromatic heterocycles. The van der Waals surface area contributed by atoms with Crippen LogP contribution < -0.4 is 16.6 Å².